The molecule has 0 aromatic heterocycles. The lowest BCUT2D eigenvalue weighted by atomic mass is 9.98. The van der Waals surface area contributed by atoms with Gasteiger partial charge in [0.05, 0.1) is 11.5 Å². The minimum Gasteiger partial charge on any atom is -0.494 e. The van der Waals surface area contributed by atoms with Crippen LogP contribution in [0.3, 0.4) is 0 Å². The van der Waals surface area contributed by atoms with Gasteiger partial charge < -0.3 is 10.1 Å². The molecule has 1 N–H and O–H groups in total. The second-order valence-electron chi connectivity index (χ2n) is 5.56. The van der Waals surface area contributed by atoms with Crippen molar-refractivity contribution in [3.63, 3.8) is 0 Å². The topological polar surface area (TPSA) is 58.6 Å². The first-order valence-electron chi connectivity index (χ1n) is 8.01. The maximum Gasteiger partial charge on any atom is 0.243 e. The van der Waals surface area contributed by atoms with Crippen molar-refractivity contribution in [3.05, 3.63) is 24.3 Å². The molecule has 0 spiro atoms. The van der Waals surface area contributed by atoms with Gasteiger partial charge in [-0.15, -0.1) is 0 Å². The van der Waals surface area contributed by atoms with Gasteiger partial charge in [-0.2, -0.15) is 4.31 Å². The zero-order valence-electron chi connectivity index (χ0n) is 13.4. The highest BCUT2D eigenvalue weighted by atomic mass is 32.2. The third kappa shape index (κ3) is 4.21. The fourth-order valence-corrected chi connectivity index (χ4v) is 4.20. The third-order valence-corrected chi connectivity index (χ3v) is 5.94. The predicted molar refractivity (Wildman–Crippen MR) is 87.6 cm³/mol. The summed E-state index contributed by atoms with van der Waals surface area (Å²) in [4.78, 5) is 0.348. The normalized spacial score (nSPS) is 17.5. The van der Waals surface area contributed by atoms with Gasteiger partial charge in [0.1, 0.15) is 5.75 Å². The number of sulfonamides is 1. The Morgan fingerprint density at radius 2 is 1.82 bits per heavy atom. The van der Waals surface area contributed by atoms with Crippen molar-refractivity contribution >= 4 is 10.0 Å². The first-order chi connectivity index (χ1) is 10.6. The van der Waals surface area contributed by atoms with Gasteiger partial charge in [-0.25, -0.2) is 8.42 Å². The Hall–Kier alpha value is -1.11. The standard InChI is InChI=1S/C16H26N2O3S/c1-3-17-13-14-9-11-18(12-10-14)22(19,20)16-7-5-15(6-8-16)21-4-2/h5-8,14,17H,3-4,9-13H2,1-2H3. The van der Waals surface area contributed by atoms with Crippen molar-refractivity contribution < 1.29 is 13.2 Å². The van der Waals surface area contributed by atoms with E-state index in [4.69, 9.17) is 4.74 Å². The molecule has 0 aliphatic carbocycles. The molecular weight excluding hydrogens is 300 g/mol. The molecule has 0 unspecified atom stereocenters. The number of hydrogen-bond acceptors (Lipinski definition) is 4. The monoisotopic (exact) mass is 326 g/mol. The second kappa shape index (κ2) is 7.94. The van der Waals surface area contributed by atoms with Crippen LogP contribution in [0.5, 0.6) is 5.75 Å². The first-order valence-corrected chi connectivity index (χ1v) is 9.45. The van der Waals surface area contributed by atoms with Gasteiger partial charge in [0.15, 0.2) is 0 Å². The quantitative estimate of drug-likeness (QED) is 0.833. The maximum atomic E-state index is 12.6. The van der Waals surface area contributed by atoms with Crippen LogP contribution in [0.25, 0.3) is 0 Å². The minimum atomic E-state index is -3.38. The van der Waals surface area contributed by atoms with Crippen LogP contribution >= 0.6 is 0 Å². The van der Waals surface area contributed by atoms with Crippen LogP contribution < -0.4 is 10.1 Å². The van der Waals surface area contributed by atoms with E-state index in [1.165, 1.54) is 0 Å². The average molecular weight is 326 g/mol. The summed E-state index contributed by atoms with van der Waals surface area (Å²) in [7, 11) is -3.38. The highest BCUT2D eigenvalue weighted by molar-refractivity contribution is 7.89. The van der Waals surface area contributed by atoms with Crippen molar-refractivity contribution in [3.8, 4) is 5.75 Å². The van der Waals surface area contributed by atoms with Crippen LogP contribution in [-0.4, -0.2) is 45.5 Å². The van der Waals surface area contributed by atoms with E-state index in [0.29, 0.717) is 36.3 Å². The van der Waals surface area contributed by atoms with Crippen LogP contribution in [0, 0.1) is 5.92 Å². The van der Waals surface area contributed by atoms with Crippen molar-refractivity contribution in [2.24, 2.45) is 5.92 Å². The summed E-state index contributed by atoms with van der Waals surface area (Å²) in [6, 6.07) is 6.69. The number of hydrogen-bond donors (Lipinski definition) is 1. The molecule has 1 aromatic rings. The Morgan fingerprint density at radius 1 is 1.18 bits per heavy atom. The third-order valence-electron chi connectivity index (χ3n) is 4.03. The molecular formula is C16H26N2O3S. The predicted octanol–water partition coefficient (Wildman–Crippen LogP) is 2.10. The molecule has 6 heteroatoms. The molecule has 1 aromatic carbocycles. The molecule has 0 amide bonds. The Morgan fingerprint density at radius 3 is 2.36 bits per heavy atom. The number of nitrogens with zero attached hydrogens (tertiary/aromatic N) is 1. The molecule has 5 nitrogen and oxygen atoms in total. The van der Waals surface area contributed by atoms with Gasteiger partial charge in [0.2, 0.25) is 10.0 Å². The highest BCUT2D eigenvalue weighted by Crippen LogP contribution is 2.24. The smallest absolute Gasteiger partial charge is 0.243 e. The first kappa shape index (κ1) is 17.2. The summed E-state index contributed by atoms with van der Waals surface area (Å²) in [6.45, 7) is 7.72. The zero-order chi connectivity index (χ0) is 16.0. The fourth-order valence-electron chi connectivity index (χ4n) is 2.73. The van der Waals surface area contributed by atoms with E-state index in [9.17, 15) is 8.42 Å². The van der Waals surface area contributed by atoms with Crippen LogP contribution in [0.1, 0.15) is 26.7 Å². The van der Waals surface area contributed by atoms with Gasteiger partial charge in [-0.1, -0.05) is 6.92 Å². The molecule has 0 bridgehead atoms. The van der Waals surface area contributed by atoms with Gasteiger partial charge in [-0.3, -0.25) is 0 Å². The highest BCUT2D eigenvalue weighted by Gasteiger charge is 2.29. The summed E-state index contributed by atoms with van der Waals surface area (Å²) >= 11 is 0. The van der Waals surface area contributed by atoms with E-state index in [2.05, 4.69) is 12.2 Å². The SMILES string of the molecule is CCNCC1CCN(S(=O)(=O)c2ccc(OCC)cc2)CC1. The van der Waals surface area contributed by atoms with E-state index in [-0.39, 0.29) is 0 Å². The maximum absolute atomic E-state index is 12.6. The van der Waals surface area contributed by atoms with Crippen LogP contribution in [0.15, 0.2) is 29.2 Å². The fraction of sp³-hybridized carbons (Fsp3) is 0.625. The minimum absolute atomic E-state index is 0.348. The summed E-state index contributed by atoms with van der Waals surface area (Å²) < 4.78 is 32.3. The van der Waals surface area contributed by atoms with Crippen LogP contribution in [0.2, 0.25) is 0 Å². The second-order valence-corrected chi connectivity index (χ2v) is 7.50. The van der Waals surface area contributed by atoms with Crippen molar-refractivity contribution in [2.75, 3.05) is 32.8 Å². The van der Waals surface area contributed by atoms with Crippen molar-refractivity contribution in [1.82, 2.24) is 9.62 Å². The Balaban J connectivity index is 1.99. The van der Waals surface area contributed by atoms with E-state index in [1.54, 1.807) is 28.6 Å². The number of ether oxygens (including phenoxy) is 1. The largest absolute Gasteiger partial charge is 0.494 e. The van der Waals surface area contributed by atoms with Crippen LogP contribution in [-0.2, 0) is 10.0 Å². The van der Waals surface area contributed by atoms with E-state index in [0.717, 1.165) is 25.9 Å². The molecule has 1 aliphatic rings. The van der Waals surface area contributed by atoms with Gasteiger partial charge in [0.25, 0.3) is 0 Å². The molecule has 2 rings (SSSR count). The lowest BCUT2D eigenvalue weighted by molar-refractivity contribution is 0.268. The molecule has 1 fully saturated rings. The molecule has 1 aliphatic heterocycles. The Kier molecular flexibility index (Phi) is 6.23. The molecule has 1 heterocycles. The number of rotatable bonds is 7. The van der Waals surface area contributed by atoms with Crippen LogP contribution in [0.4, 0.5) is 0 Å². The number of benzene rings is 1. The molecule has 0 radical (unpaired) electrons. The summed E-state index contributed by atoms with van der Waals surface area (Å²) in [5, 5.41) is 3.34. The van der Waals surface area contributed by atoms with Crippen molar-refractivity contribution in [1.29, 1.82) is 0 Å². The van der Waals surface area contributed by atoms with E-state index >= 15 is 0 Å². The van der Waals surface area contributed by atoms with E-state index in [1.807, 2.05) is 6.92 Å². The lowest BCUT2D eigenvalue weighted by Gasteiger charge is -2.31. The Labute approximate surface area is 133 Å². The summed E-state index contributed by atoms with van der Waals surface area (Å²) in [5.41, 5.74) is 0. The number of piperidine rings is 1. The zero-order valence-corrected chi connectivity index (χ0v) is 14.2. The Bertz CT molecular complexity index is 549. The molecule has 1 saturated heterocycles. The molecule has 124 valence electrons. The summed E-state index contributed by atoms with van der Waals surface area (Å²) in [5.74, 6) is 1.28. The average Bonchev–Trinajstić information content (AvgIpc) is 2.54. The number of nitrogens with one attached hydrogen (secondary N) is 1. The summed E-state index contributed by atoms with van der Waals surface area (Å²) in [6.07, 6.45) is 1.84. The van der Waals surface area contributed by atoms with Crippen molar-refractivity contribution in [2.45, 2.75) is 31.6 Å². The van der Waals surface area contributed by atoms with Gasteiger partial charge >= 0.3 is 0 Å². The lowest BCUT2D eigenvalue weighted by Crippen LogP contribution is -2.40. The van der Waals surface area contributed by atoms with E-state index < -0.39 is 10.0 Å². The van der Waals surface area contributed by atoms with Gasteiger partial charge in [-0.05, 0) is 63.0 Å². The molecule has 0 saturated carbocycles. The van der Waals surface area contributed by atoms with Gasteiger partial charge in [0, 0.05) is 13.1 Å². The molecule has 22 heavy (non-hydrogen) atoms. The molecule has 0 atom stereocenters.